The van der Waals surface area contributed by atoms with Crippen LogP contribution in [0.2, 0.25) is 10.0 Å². The molecule has 1 heterocycles. The topological polar surface area (TPSA) is 69.0 Å². The molecule has 1 amide bonds. The lowest BCUT2D eigenvalue weighted by Crippen LogP contribution is -2.17. The van der Waals surface area contributed by atoms with E-state index in [-0.39, 0.29) is 12.3 Å². The van der Waals surface area contributed by atoms with Gasteiger partial charge < -0.3 is 14.6 Å². The highest BCUT2D eigenvalue weighted by molar-refractivity contribution is 7.99. The van der Waals surface area contributed by atoms with Crippen LogP contribution in [0.1, 0.15) is 5.82 Å². The van der Waals surface area contributed by atoms with Gasteiger partial charge in [0.15, 0.2) is 5.16 Å². The summed E-state index contributed by atoms with van der Waals surface area (Å²) in [4.78, 5) is 12.2. The Kier molecular flexibility index (Phi) is 7.19. The van der Waals surface area contributed by atoms with Crippen molar-refractivity contribution in [2.45, 2.75) is 11.6 Å². The van der Waals surface area contributed by atoms with Crippen LogP contribution in [0.5, 0.6) is 5.75 Å². The first-order valence-corrected chi connectivity index (χ1v) is 10.2. The lowest BCUT2D eigenvalue weighted by molar-refractivity contribution is -0.115. The largest absolute Gasteiger partial charge is 0.493 e. The molecule has 3 aromatic rings. The van der Waals surface area contributed by atoms with E-state index in [1.807, 2.05) is 25.2 Å². The number of carbonyl (C=O) groups excluding carboxylic acids is 1. The van der Waals surface area contributed by atoms with E-state index < -0.39 is 0 Å². The van der Waals surface area contributed by atoms with Crippen LogP contribution in [0.3, 0.4) is 0 Å². The third-order valence-electron chi connectivity index (χ3n) is 3.79. The summed E-state index contributed by atoms with van der Waals surface area (Å²) >= 11 is 13.4. The van der Waals surface area contributed by atoms with Crippen molar-refractivity contribution in [2.24, 2.45) is 7.05 Å². The summed E-state index contributed by atoms with van der Waals surface area (Å²) in [5, 5.41) is 12.9. The van der Waals surface area contributed by atoms with E-state index in [9.17, 15) is 4.79 Å². The molecule has 1 N–H and O–H groups in total. The first-order chi connectivity index (χ1) is 13.5. The van der Waals surface area contributed by atoms with Gasteiger partial charge in [-0.1, -0.05) is 47.1 Å². The molecule has 2 aromatic carbocycles. The van der Waals surface area contributed by atoms with Crippen molar-refractivity contribution in [3.8, 4) is 5.75 Å². The molecule has 0 aliphatic heterocycles. The Morgan fingerprint density at radius 3 is 2.64 bits per heavy atom. The van der Waals surface area contributed by atoms with Gasteiger partial charge in [-0.3, -0.25) is 4.79 Å². The molecule has 146 valence electrons. The van der Waals surface area contributed by atoms with Crippen molar-refractivity contribution in [1.82, 2.24) is 14.8 Å². The SMILES string of the molecule is Cn1c(CC(=O)Nc2ccccc2Cl)nnc1SCCOc1ccc(Cl)cc1. The number of hydrogen-bond acceptors (Lipinski definition) is 5. The summed E-state index contributed by atoms with van der Waals surface area (Å²) in [6, 6.07) is 14.3. The molecule has 6 nitrogen and oxygen atoms in total. The van der Waals surface area contributed by atoms with Gasteiger partial charge in [-0.25, -0.2) is 0 Å². The second kappa shape index (κ2) is 9.82. The smallest absolute Gasteiger partial charge is 0.232 e. The van der Waals surface area contributed by atoms with Gasteiger partial charge in [0, 0.05) is 17.8 Å². The molecule has 0 spiro atoms. The Morgan fingerprint density at radius 1 is 1.14 bits per heavy atom. The fourth-order valence-corrected chi connectivity index (χ4v) is 3.40. The van der Waals surface area contributed by atoms with Crippen LogP contribution in [-0.4, -0.2) is 33.0 Å². The Hall–Kier alpha value is -2.22. The molecule has 0 radical (unpaired) electrons. The summed E-state index contributed by atoms with van der Waals surface area (Å²) in [7, 11) is 1.83. The van der Waals surface area contributed by atoms with Crippen molar-refractivity contribution < 1.29 is 9.53 Å². The third-order valence-corrected chi connectivity index (χ3v) is 5.35. The van der Waals surface area contributed by atoms with Gasteiger partial charge in [-0.2, -0.15) is 0 Å². The van der Waals surface area contributed by atoms with E-state index >= 15 is 0 Å². The van der Waals surface area contributed by atoms with Crippen molar-refractivity contribution in [3.05, 3.63) is 64.4 Å². The fraction of sp³-hybridized carbons (Fsp3) is 0.211. The highest BCUT2D eigenvalue weighted by Gasteiger charge is 2.14. The van der Waals surface area contributed by atoms with Crippen molar-refractivity contribution >= 4 is 46.6 Å². The Bertz CT molecular complexity index is 947. The highest BCUT2D eigenvalue weighted by Crippen LogP contribution is 2.21. The zero-order valence-corrected chi connectivity index (χ0v) is 17.4. The highest BCUT2D eigenvalue weighted by atomic mass is 35.5. The van der Waals surface area contributed by atoms with Crippen molar-refractivity contribution in [2.75, 3.05) is 17.7 Å². The molecule has 0 saturated heterocycles. The molecular weight excluding hydrogens is 419 g/mol. The molecule has 0 bridgehead atoms. The monoisotopic (exact) mass is 436 g/mol. The maximum absolute atomic E-state index is 12.2. The maximum atomic E-state index is 12.2. The van der Waals surface area contributed by atoms with E-state index in [1.165, 1.54) is 11.8 Å². The zero-order chi connectivity index (χ0) is 19.9. The van der Waals surface area contributed by atoms with E-state index in [2.05, 4.69) is 15.5 Å². The molecule has 0 aliphatic rings. The van der Waals surface area contributed by atoms with Crippen LogP contribution in [0.15, 0.2) is 53.7 Å². The number of nitrogens with one attached hydrogen (secondary N) is 1. The van der Waals surface area contributed by atoms with Gasteiger partial charge in [0.25, 0.3) is 0 Å². The Balaban J connectivity index is 1.48. The minimum Gasteiger partial charge on any atom is -0.493 e. The number of benzene rings is 2. The molecule has 0 aliphatic carbocycles. The third kappa shape index (κ3) is 5.64. The summed E-state index contributed by atoms with van der Waals surface area (Å²) in [6.45, 7) is 0.515. The number of hydrogen-bond donors (Lipinski definition) is 1. The first kappa shape index (κ1) is 20.5. The Morgan fingerprint density at radius 2 is 1.89 bits per heavy atom. The van der Waals surface area contributed by atoms with Gasteiger partial charge in [0.05, 0.1) is 23.7 Å². The number of para-hydroxylation sites is 1. The molecule has 28 heavy (non-hydrogen) atoms. The van der Waals surface area contributed by atoms with E-state index in [4.69, 9.17) is 27.9 Å². The van der Waals surface area contributed by atoms with Gasteiger partial charge in [0.2, 0.25) is 5.91 Å². The van der Waals surface area contributed by atoms with E-state index in [1.54, 1.807) is 34.9 Å². The molecule has 9 heteroatoms. The minimum absolute atomic E-state index is 0.108. The van der Waals surface area contributed by atoms with Crippen LogP contribution < -0.4 is 10.1 Å². The predicted molar refractivity (Wildman–Crippen MR) is 112 cm³/mol. The second-order valence-corrected chi connectivity index (χ2v) is 7.72. The van der Waals surface area contributed by atoms with Gasteiger partial charge >= 0.3 is 0 Å². The minimum atomic E-state index is -0.203. The molecule has 0 atom stereocenters. The van der Waals surface area contributed by atoms with Crippen LogP contribution in [0, 0.1) is 0 Å². The van der Waals surface area contributed by atoms with Crippen molar-refractivity contribution in [3.63, 3.8) is 0 Å². The van der Waals surface area contributed by atoms with E-state index in [0.717, 1.165) is 10.9 Å². The number of halogens is 2. The zero-order valence-electron chi connectivity index (χ0n) is 15.1. The van der Waals surface area contributed by atoms with Gasteiger partial charge in [0.1, 0.15) is 11.6 Å². The first-order valence-electron chi connectivity index (χ1n) is 8.47. The average Bonchev–Trinajstić information content (AvgIpc) is 3.02. The summed E-state index contributed by atoms with van der Waals surface area (Å²) < 4.78 is 7.46. The summed E-state index contributed by atoms with van der Waals surface area (Å²) in [5.41, 5.74) is 0.574. The number of carbonyl (C=O) groups is 1. The van der Waals surface area contributed by atoms with E-state index in [0.29, 0.717) is 33.9 Å². The van der Waals surface area contributed by atoms with Crippen LogP contribution in [0.25, 0.3) is 0 Å². The molecule has 1 aromatic heterocycles. The van der Waals surface area contributed by atoms with Crippen LogP contribution in [-0.2, 0) is 18.3 Å². The summed E-state index contributed by atoms with van der Waals surface area (Å²) in [5.74, 6) is 1.83. The molecule has 0 saturated carbocycles. The lowest BCUT2D eigenvalue weighted by atomic mass is 10.3. The number of thioether (sulfide) groups is 1. The average molecular weight is 437 g/mol. The van der Waals surface area contributed by atoms with Crippen molar-refractivity contribution in [1.29, 1.82) is 0 Å². The number of anilines is 1. The quantitative estimate of drug-likeness (QED) is 0.416. The summed E-state index contributed by atoms with van der Waals surface area (Å²) in [6.07, 6.45) is 0.108. The molecular formula is C19H18Cl2N4O2S. The van der Waals surface area contributed by atoms with Gasteiger partial charge in [-0.05, 0) is 36.4 Å². The normalized spacial score (nSPS) is 10.7. The number of rotatable bonds is 8. The maximum Gasteiger partial charge on any atom is 0.232 e. The Labute approximate surface area is 177 Å². The van der Waals surface area contributed by atoms with Gasteiger partial charge in [-0.15, -0.1) is 10.2 Å². The number of aromatic nitrogens is 3. The second-order valence-electron chi connectivity index (χ2n) is 5.81. The van der Waals surface area contributed by atoms with Crippen LogP contribution in [0.4, 0.5) is 5.69 Å². The number of ether oxygens (including phenoxy) is 1. The number of amides is 1. The fourth-order valence-electron chi connectivity index (χ4n) is 2.35. The van der Waals surface area contributed by atoms with Crippen LogP contribution >= 0.6 is 35.0 Å². The molecule has 3 rings (SSSR count). The standard InChI is InChI=1S/C19H18Cl2N4O2S/c1-25-17(12-18(26)22-16-5-3-2-4-15(16)21)23-24-19(25)28-11-10-27-14-8-6-13(20)7-9-14/h2-9H,10-12H2,1H3,(H,22,26). The number of nitrogens with zero attached hydrogens (tertiary/aromatic N) is 3. The molecule has 0 unspecified atom stereocenters. The predicted octanol–water partition coefficient (Wildman–Crippen LogP) is 4.47. The molecule has 0 fully saturated rings. The lowest BCUT2D eigenvalue weighted by Gasteiger charge is -2.07.